The molecule has 0 radical (unpaired) electrons. The van der Waals surface area contributed by atoms with Crippen LogP contribution in [0.4, 0.5) is 0 Å². The van der Waals surface area contributed by atoms with E-state index in [1.54, 1.807) is 0 Å². The van der Waals surface area contributed by atoms with Gasteiger partial charge in [-0.15, -0.1) is 0 Å². The average Bonchev–Trinajstić information content (AvgIpc) is 2.24. The molecule has 1 saturated carbocycles. The van der Waals surface area contributed by atoms with Crippen LogP contribution in [0.3, 0.4) is 0 Å². The second-order valence-corrected chi connectivity index (χ2v) is 5.42. The minimum Gasteiger partial charge on any atom is -0.390 e. The fourth-order valence-electron chi connectivity index (χ4n) is 2.87. The lowest BCUT2D eigenvalue weighted by molar-refractivity contribution is -0.117. The van der Waals surface area contributed by atoms with Crippen LogP contribution in [-0.2, 0) is 6.42 Å². The van der Waals surface area contributed by atoms with Crippen LogP contribution in [0.5, 0.6) is 0 Å². The molecule has 0 amide bonds. The summed E-state index contributed by atoms with van der Waals surface area (Å²) in [5, 5.41) is 10.6. The van der Waals surface area contributed by atoms with Gasteiger partial charge in [-0.3, -0.25) is 0 Å². The Morgan fingerprint density at radius 2 is 1.88 bits per heavy atom. The summed E-state index contributed by atoms with van der Waals surface area (Å²) in [6, 6.07) is 10.6. The third kappa shape index (κ3) is 1.89. The summed E-state index contributed by atoms with van der Waals surface area (Å²) in [6.45, 7) is 4.10. The van der Waals surface area contributed by atoms with Crippen molar-refractivity contribution in [3.05, 3.63) is 35.9 Å². The first kappa shape index (κ1) is 11.7. The number of aliphatic hydroxyl groups is 1. The third-order valence-electron chi connectivity index (χ3n) is 4.53. The van der Waals surface area contributed by atoms with Gasteiger partial charge in [0.2, 0.25) is 0 Å². The van der Waals surface area contributed by atoms with Gasteiger partial charge in [-0.1, -0.05) is 43.7 Å². The third-order valence-corrected chi connectivity index (χ3v) is 4.53. The Kier molecular flexibility index (Phi) is 3.07. The van der Waals surface area contributed by atoms with Crippen molar-refractivity contribution in [2.75, 3.05) is 0 Å². The Hall–Kier alpha value is -0.820. The zero-order chi connectivity index (χ0) is 11.6. The van der Waals surface area contributed by atoms with Crippen molar-refractivity contribution in [3.8, 4) is 0 Å². The highest BCUT2D eigenvalue weighted by atomic mass is 16.3. The van der Waals surface area contributed by atoms with Gasteiger partial charge in [-0.25, -0.2) is 0 Å². The summed E-state index contributed by atoms with van der Waals surface area (Å²) in [5.74, 6) is 0. The standard InChI is InChI=1S/C15H22O/c1-3-14(2,16)15(10-7-11-15)12-13-8-5-4-6-9-13/h4-6,8-9,16H,3,7,10-12H2,1-2H3. The molecule has 0 bridgehead atoms. The lowest BCUT2D eigenvalue weighted by Gasteiger charge is -2.52. The fourth-order valence-corrected chi connectivity index (χ4v) is 2.87. The molecule has 1 aromatic carbocycles. The first-order chi connectivity index (χ1) is 7.60. The maximum Gasteiger partial charge on any atom is 0.0676 e. The summed E-state index contributed by atoms with van der Waals surface area (Å²) in [7, 11) is 0. The molecule has 1 aromatic rings. The molecular formula is C15H22O. The molecule has 0 heterocycles. The van der Waals surface area contributed by atoms with Crippen LogP contribution in [0.25, 0.3) is 0 Å². The van der Waals surface area contributed by atoms with Gasteiger partial charge in [0.25, 0.3) is 0 Å². The maximum absolute atomic E-state index is 10.6. The van der Waals surface area contributed by atoms with Crippen molar-refractivity contribution in [1.82, 2.24) is 0 Å². The van der Waals surface area contributed by atoms with E-state index in [1.165, 1.54) is 24.8 Å². The van der Waals surface area contributed by atoms with Crippen LogP contribution in [0, 0.1) is 5.41 Å². The minimum atomic E-state index is -0.513. The van der Waals surface area contributed by atoms with E-state index in [9.17, 15) is 5.11 Å². The first-order valence-electron chi connectivity index (χ1n) is 6.36. The number of hydrogen-bond donors (Lipinski definition) is 1. The van der Waals surface area contributed by atoms with Gasteiger partial charge in [0.05, 0.1) is 5.60 Å². The Labute approximate surface area is 98.5 Å². The van der Waals surface area contributed by atoms with E-state index in [2.05, 4.69) is 37.3 Å². The van der Waals surface area contributed by atoms with Crippen molar-refractivity contribution < 1.29 is 5.11 Å². The maximum atomic E-state index is 10.6. The summed E-state index contributed by atoms with van der Waals surface area (Å²) in [4.78, 5) is 0. The molecule has 1 aliphatic rings. The summed E-state index contributed by atoms with van der Waals surface area (Å²) >= 11 is 0. The number of hydrogen-bond acceptors (Lipinski definition) is 1. The van der Waals surface area contributed by atoms with Crippen LogP contribution < -0.4 is 0 Å². The monoisotopic (exact) mass is 218 g/mol. The largest absolute Gasteiger partial charge is 0.390 e. The lowest BCUT2D eigenvalue weighted by Crippen LogP contribution is -2.51. The zero-order valence-electron chi connectivity index (χ0n) is 10.4. The van der Waals surface area contributed by atoms with E-state index >= 15 is 0 Å². The lowest BCUT2D eigenvalue weighted by atomic mass is 9.56. The Morgan fingerprint density at radius 3 is 2.31 bits per heavy atom. The second kappa shape index (κ2) is 4.21. The van der Waals surface area contributed by atoms with Crippen LogP contribution in [0.1, 0.15) is 45.1 Å². The highest BCUT2D eigenvalue weighted by Gasteiger charge is 2.49. The van der Waals surface area contributed by atoms with Gasteiger partial charge >= 0.3 is 0 Å². The number of rotatable bonds is 4. The van der Waals surface area contributed by atoms with Gasteiger partial charge in [0.15, 0.2) is 0 Å². The van der Waals surface area contributed by atoms with Crippen molar-refractivity contribution >= 4 is 0 Å². The van der Waals surface area contributed by atoms with Crippen LogP contribution in [0.2, 0.25) is 0 Å². The topological polar surface area (TPSA) is 20.2 Å². The van der Waals surface area contributed by atoms with Crippen LogP contribution in [0.15, 0.2) is 30.3 Å². The second-order valence-electron chi connectivity index (χ2n) is 5.42. The smallest absolute Gasteiger partial charge is 0.0676 e. The normalized spacial score (nSPS) is 22.2. The molecule has 0 aliphatic heterocycles. The minimum absolute atomic E-state index is 0.128. The van der Waals surface area contributed by atoms with E-state index in [-0.39, 0.29) is 5.41 Å². The van der Waals surface area contributed by atoms with Crippen molar-refractivity contribution in [2.24, 2.45) is 5.41 Å². The van der Waals surface area contributed by atoms with E-state index in [1.807, 2.05) is 6.92 Å². The molecule has 1 atom stereocenters. The van der Waals surface area contributed by atoms with E-state index in [0.717, 1.165) is 12.8 Å². The Morgan fingerprint density at radius 1 is 1.25 bits per heavy atom. The SMILES string of the molecule is CCC(C)(O)C1(Cc2ccccc2)CCC1. The van der Waals surface area contributed by atoms with Gasteiger partial charge in [-0.05, 0) is 38.2 Å². The molecule has 1 aliphatic carbocycles. The van der Waals surface area contributed by atoms with Gasteiger partial charge in [-0.2, -0.15) is 0 Å². The Balaban J connectivity index is 2.18. The van der Waals surface area contributed by atoms with Crippen molar-refractivity contribution in [1.29, 1.82) is 0 Å². The van der Waals surface area contributed by atoms with Crippen molar-refractivity contribution in [3.63, 3.8) is 0 Å². The molecule has 0 aromatic heterocycles. The average molecular weight is 218 g/mol. The molecule has 88 valence electrons. The molecule has 1 heteroatoms. The van der Waals surface area contributed by atoms with E-state index in [0.29, 0.717) is 0 Å². The molecule has 1 unspecified atom stereocenters. The summed E-state index contributed by atoms with van der Waals surface area (Å²) in [6.07, 6.45) is 5.48. The number of benzene rings is 1. The molecule has 1 nitrogen and oxygen atoms in total. The van der Waals surface area contributed by atoms with Gasteiger partial charge in [0, 0.05) is 5.41 Å². The zero-order valence-corrected chi connectivity index (χ0v) is 10.4. The molecule has 1 fully saturated rings. The summed E-state index contributed by atoms with van der Waals surface area (Å²) in [5.41, 5.74) is 0.973. The fraction of sp³-hybridized carbons (Fsp3) is 0.600. The molecule has 16 heavy (non-hydrogen) atoms. The molecule has 2 rings (SSSR count). The van der Waals surface area contributed by atoms with Crippen LogP contribution in [-0.4, -0.2) is 10.7 Å². The molecule has 0 saturated heterocycles. The van der Waals surface area contributed by atoms with E-state index in [4.69, 9.17) is 0 Å². The predicted molar refractivity (Wildman–Crippen MR) is 67.3 cm³/mol. The first-order valence-corrected chi connectivity index (χ1v) is 6.36. The highest BCUT2D eigenvalue weighted by molar-refractivity contribution is 5.19. The summed E-state index contributed by atoms with van der Waals surface area (Å²) < 4.78 is 0. The van der Waals surface area contributed by atoms with Crippen molar-refractivity contribution in [2.45, 2.75) is 51.6 Å². The van der Waals surface area contributed by atoms with Gasteiger partial charge < -0.3 is 5.11 Å². The Bertz CT molecular complexity index is 336. The predicted octanol–water partition coefficient (Wildman–Crippen LogP) is 3.56. The van der Waals surface area contributed by atoms with E-state index < -0.39 is 5.60 Å². The highest BCUT2D eigenvalue weighted by Crippen LogP contribution is 2.52. The molecular weight excluding hydrogens is 196 g/mol. The van der Waals surface area contributed by atoms with Gasteiger partial charge in [0.1, 0.15) is 0 Å². The van der Waals surface area contributed by atoms with Crippen LogP contribution >= 0.6 is 0 Å². The molecule has 1 N–H and O–H groups in total. The quantitative estimate of drug-likeness (QED) is 0.819. The molecule has 0 spiro atoms.